The maximum absolute atomic E-state index is 13.2. The van der Waals surface area contributed by atoms with Crippen molar-refractivity contribution in [2.45, 2.75) is 64.4 Å². The molecule has 0 radical (unpaired) electrons. The Balaban J connectivity index is 2.19. The zero-order chi connectivity index (χ0) is 20.9. The first kappa shape index (κ1) is 20.4. The summed E-state index contributed by atoms with van der Waals surface area (Å²) >= 11 is 0. The van der Waals surface area contributed by atoms with Crippen molar-refractivity contribution in [3.05, 3.63) is 42.5 Å². The molecule has 0 unspecified atom stereocenters. The Hall–Kier alpha value is -2.34. The van der Waals surface area contributed by atoms with Gasteiger partial charge < -0.3 is 14.2 Å². The van der Waals surface area contributed by atoms with Gasteiger partial charge in [-0.15, -0.1) is 6.58 Å². The third-order valence-corrected chi connectivity index (χ3v) is 5.82. The van der Waals surface area contributed by atoms with E-state index in [0.717, 1.165) is 11.3 Å². The van der Waals surface area contributed by atoms with E-state index in [-0.39, 0.29) is 0 Å². The molecular weight excluding hydrogens is 358 g/mol. The molecule has 1 aromatic carbocycles. The average molecular weight is 387 g/mol. The molecule has 28 heavy (non-hydrogen) atoms. The second-order valence-corrected chi connectivity index (χ2v) is 8.97. The van der Waals surface area contributed by atoms with Crippen molar-refractivity contribution >= 4 is 17.7 Å². The number of amides is 1. The summed E-state index contributed by atoms with van der Waals surface area (Å²) in [6.45, 7) is 13.6. The van der Waals surface area contributed by atoms with E-state index in [2.05, 4.69) is 6.58 Å². The van der Waals surface area contributed by atoms with Crippen LogP contribution >= 0.6 is 0 Å². The molecule has 1 saturated heterocycles. The summed E-state index contributed by atoms with van der Waals surface area (Å²) in [6, 6.07) is 7.68. The molecule has 3 rings (SSSR count). The van der Waals surface area contributed by atoms with Gasteiger partial charge >= 0.3 is 12.1 Å². The van der Waals surface area contributed by atoms with Gasteiger partial charge in [0.05, 0.1) is 18.2 Å². The van der Waals surface area contributed by atoms with Gasteiger partial charge in [0.2, 0.25) is 0 Å². The van der Waals surface area contributed by atoms with E-state index in [1.165, 1.54) is 12.0 Å². The van der Waals surface area contributed by atoms with Gasteiger partial charge in [0, 0.05) is 0 Å². The molecule has 0 aliphatic carbocycles. The van der Waals surface area contributed by atoms with Crippen LogP contribution in [0.4, 0.5) is 10.5 Å². The summed E-state index contributed by atoms with van der Waals surface area (Å²) in [4.78, 5) is 27.0. The van der Waals surface area contributed by atoms with E-state index < -0.39 is 40.8 Å². The van der Waals surface area contributed by atoms with Crippen molar-refractivity contribution in [1.29, 1.82) is 0 Å². The largest absolute Gasteiger partial charge is 0.467 e. The fourth-order valence-corrected chi connectivity index (χ4v) is 4.31. The van der Waals surface area contributed by atoms with Gasteiger partial charge in [0.25, 0.3) is 0 Å². The Labute approximate surface area is 166 Å². The minimum Gasteiger partial charge on any atom is -0.467 e. The van der Waals surface area contributed by atoms with Crippen LogP contribution < -0.4 is 4.90 Å². The number of para-hydroxylation sites is 1. The molecule has 1 aromatic rings. The number of ether oxygens (including phenoxy) is 3. The molecule has 6 nitrogen and oxygen atoms in total. The van der Waals surface area contributed by atoms with E-state index in [9.17, 15) is 9.59 Å². The summed E-state index contributed by atoms with van der Waals surface area (Å²) in [5, 5.41) is 0. The van der Waals surface area contributed by atoms with E-state index in [0.29, 0.717) is 6.42 Å². The molecule has 152 valence electrons. The van der Waals surface area contributed by atoms with Crippen molar-refractivity contribution in [2.24, 2.45) is 5.41 Å². The highest BCUT2D eigenvalue weighted by atomic mass is 16.6. The van der Waals surface area contributed by atoms with Gasteiger partial charge in [-0.05, 0) is 44.2 Å². The summed E-state index contributed by atoms with van der Waals surface area (Å²) in [5.41, 5.74) is -0.0952. The van der Waals surface area contributed by atoms with E-state index in [1.807, 2.05) is 65.0 Å². The van der Waals surface area contributed by atoms with Crippen LogP contribution in [0.3, 0.4) is 0 Å². The molecule has 6 heteroatoms. The first-order valence-corrected chi connectivity index (χ1v) is 9.47. The van der Waals surface area contributed by atoms with Crippen LogP contribution in [0.25, 0.3) is 0 Å². The van der Waals surface area contributed by atoms with Gasteiger partial charge in [0.15, 0.2) is 12.3 Å². The molecule has 0 spiro atoms. The maximum Gasteiger partial charge on any atom is 0.416 e. The van der Waals surface area contributed by atoms with Crippen LogP contribution in [0, 0.1) is 5.41 Å². The monoisotopic (exact) mass is 387 g/mol. The summed E-state index contributed by atoms with van der Waals surface area (Å²) in [5.74, 6) is -0.449. The minimum atomic E-state index is -0.771. The van der Waals surface area contributed by atoms with Crippen LogP contribution in [0.1, 0.15) is 46.6 Å². The van der Waals surface area contributed by atoms with Gasteiger partial charge in [-0.2, -0.15) is 0 Å². The molecule has 0 aromatic heterocycles. The second kappa shape index (κ2) is 6.62. The van der Waals surface area contributed by atoms with Crippen molar-refractivity contribution in [3.63, 3.8) is 0 Å². The van der Waals surface area contributed by atoms with E-state index in [1.54, 1.807) is 0 Å². The molecule has 2 aliphatic rings. The lowest BCUT2D eigenvalue weighted by Crippen LogP contribution is -2.52. The predicted molar refractivity (Wildman–Crippen MR) is 106 cm³/mol. The van der Waals surface area contributed by atoms with Gasteiger partial charge in [-0.25, -0.2) is 14.5 Å². The highest BCUT2D eigenvalue weighted by Gasteiger charge is 2.66. The zero-order valence-corrected chi connectivity index (χ0v) is 17.4. The number of methoxy groups -OCH3 is 1. The van der Waals surface area contributed by atoms with Gasteiger partial charge in [-0.1, -0.05) is 38.1 Å². The SMILES string of the molecule is C=CC(C)(C)[C@@]12C[C@H](C(=O)OC)O[C@@H]1N(C(=O)OC(C)(C)C)c1ccccc12. The highest BCUT2D eigenvalue weighted by molar-refractivity contribution is 5.93. The molecule has 1 amide bonds. The minimum absolute atomic E-state index is 0.389. The van der Waals surface area contributed by atoms with Crippen LogP contribution in [0.2, 0.25) is 0 Å². The number of hydrogen-bond acceptors (Lipinski definition) is 5. The van der Waals surface area contributed by atoms with E-state index >= 15 is 0 Å². The number of esters is 1. The highest BCUT2D eigenvalue weighted by Crippen LogP contribution is 2.61. The third kappa shape index (κ3) is 2.91. The number of allylic oxidation sites excluding steroid dienone is 1. The predicted octanol–water partition coefficient (Wildman–Crippen LogP) is 4.18. The molecule has 2 aliphatic heterocycles. The Morgan fingerprint density at radius 2 is 1.89 bits per heavy atom. The first-order chi connectivity index (χ1) is 13.0. The number of anilines is 1. The molecular formula is C22H29NO5. The van der Waals surface area contributed by atoms with Crippen LogP contribution in [0.5, 0.6) is 0 Å². The average Bonchev–Trinajstić information content (AvgIpc) is 3.13. The van der Waals surface area contributed by atoms with Crippen LogP contribution in [-0.4, -0.2) is 37.1 Å². The summed E-state index contributed by atoms with van der Waals surface area (Å²) < 4.78 is 16.8. The summed E-state index contributed by atoms with van der Waals surface area (Å²) in [7, 11) is 1.34. The number of rotatable bonds is 3. The van der Waals surface area contributed by atoms with E-state index in [4.69, 9.17) is 14.2 Å². The lowest BCUT2D eigenvalue weighted by molar-refractivity contribution is -0.153. The maximum atomic E-state index is 13.2. The normalized spacial score (nSPS) is 26.4. The second-order valence-electron chi connectivity index (χ2n) is 8.97. The molecule has 0 bridgehead atoms. The molecule has 2 heterocycles. The molecule has 3 atom stereocenters. The first-order valence-electron chi connectivity index (χ1n) is 9.47. The number of nitrogens with zero attached hydrogens (tertiary/aromatic N) is 1. The van der Waals surface area contributed by atoms with Crippen LogP contribution in [0.15, 0.2) is 36.9 Å². The van der Waals surface area contributed by atoms with Crippen molar-refractivity contribution in [1.82, 2.24) is 0 Å². The molecule has 1 fully saturated rings. The van der Waals surface area contributed by atoms with Gasteiger partial charge in [-0.3, -0.25) is 0 Å². The standard InChI is InChI=1S/C22H29NO5/c1-8-21(5,6)22-13-16(17(24)26-7)27-18(22)23(19(25)28-20(2,3)4)15-12-10-9-11-14(15)22/h8-12,16,18H,1,13H2,2-7H3/t16-,18+,22-/m1/s1. The fourth-order valence-electron chi connectivity index (χ4n) is 4.31. The Kier molecular flexibility index (Phi) is 4.82. The van der Waals surface area contributed by atoms with Gasteiger partial charge in [0.1, 0.15) is 5.60 Å². The fraction of sp³-hybridized carbons (Fsp3) is 0.545. The van der Waals surface area contributed by atoms with Crippen LogP contribution in [-0.2, 0) is 24.4 Å². The quantitative estimate of drug-likeness (QED) is 0.575. The topological polar surface area (TPSA) is 65.1 Å². The third-order valence-electron chi connectivity index (χ3n) is 5.82. The summed E-state index contributed by atoms with van der Waals surface area (Å²) in [6.07, 6.45) is 0.277. The van der Waals surface area contributed by atoms with Crippen molar-refractivity contribution < 1.29 is 23.8 Å². The Morgan fingerprint density at radius 1 is 1.25 bits per heavy atom. The zero-order valence-electron chi connectivity index (χ0n) is 17.4. The van der Waals surface area contributed by atoms with Crippen molar-refractivity contribution in [3.8, 4) is 0 Å². The number of carbonyl (C=O) groups excluding carboxylic acids is 2. The lowest BCUT2D eigenvalue weighted by Gasteiger charge is -2.42. The Bertz CT molecular complexity index is 809. The molecule has 0 N–H and O–H groups in total. The number of carbonyl (C=O) groups is 2. The smallest absolute Gasteiger partial charge is 0.416 e. The van der Waals surface area contributed by atoms with Crippen molar-refractivity contribution in [2.75, 3.05) is 12.0 Å². The number of hydrogen-bond donors (Lipinski definition) is 0. The number of benzene rings is 1. The Morgan fingerprint density at radius 3 is 2.46 bits per heavy atom. The lowest BCUT2D eigenvalue weighted by atomic mass is 9.60. The number of fused-ring (bicyclic) bond motifs is 3. The molecule has 0 saturated carbocycles.